The lowest BCUT2D eigenvalue weighted by Crippen LogP contribution is -2.47. The minimum Gasteiger partial charge on any atom is -0.481 e. The number of carboxylic acid groups (broad SMARTS) is 1. The van der Waals surface area contributed by atoms with Crippen LogP contribution in [0.3, 0.4) is 0 Å². The minimum atomic E-state index is -0.766. The lowest BCUT2D eigenvalue weighted by atomic mass is 10.1. The summed E-state index contributed by atoms with van der Waals surface area (Å²) in [5.41, 5.74) is 0. The van der Waals surface area contributed by atoms with E-state index in [-0.39, 0.29) is 30.1 Å². The normalized spacial score (nSPS) is 35.4. The van der Waals surface area contributed by atoms with Crippen molar-refractivity contribution in [3.63, 3.8) is 0 Å². The third-order valence-corrected chi connectivity index (χ3v) is 3.81. The topological polar surface area (TPSA) is 87.7 Å². The standard InChI is InChI=1S/C12H20N2O4/c1-7-10(4-5-18-7)14-12(17)13-9-3-2-8(6-9)11(15)16/h7-10H,2-6H2,1H3,(H,15,16)(H2,13,14,17). The van der Waals surface area contributed by atoms with E-state index < -0.39 is 5.97 Å². The first kappa shape index (κ1) is 13.1. The molecule has 1 aliphatic heterocycles. The van der Waals surface area contributed by atoms with Gasteiger partial charge in [0.15, 0.2) is 0 Å². The number of carbonyl (C=O) groups excluding carboxylic acids is 1. The maximum absolute atomic E-state index is 11.8. The summed E-state index contributed by atoms with van der Waals surface area (Å²) in [5, 5.41) is 14.6. The van der Waals surface area contributed by atoms with Crippen molar-refractivity contribution in [1.29, 1.82) is 0 Å². The third-order valence-electron chi connectivity index (χ3n) is 3.81. The number of urea groups is 1. The Morgan fingerprint density at radius 3 is 2.56 bits per heavy atom. The van der Waals surface area contributed by atoms with Crippen molar-refractivity contribution in [2.24, 2.45) is 5.92 Å². The van der Waals surface area contributed by atoms with Crippen LogP contribution in [0, 0.1) is 5.92 Å². The van der Waals surface area contributed by atoms with Crippen molar-refractivity contribution >= 4 is 12.0 Å². The molecule has 1 aliphatic carbocycles. The Morgan fingerprint density at radius 1 is 1.22 bits per heavy atom. The highest BCUT2D eigenvalue weighted by atomic mass is 16.5. The summed E-state index contributed by atoms with van der Waals surface area (Å²) < 4.78 is 5.36. The van der Waals surface area contributed by atoms with E-state index in [1.165, 1.54) is 0 Å². The zero-order valence-electron chi connectivity index (χ0n) is 10.5. The molecule has 6 heteroatoms. The Bertz CT molecular complexity index is 334. The fourth-order valence-electron chi connectivity index (χ4n) is 2.65. The van der Waals surface area contributed by atoms with E-state index >= 15 is 0 Å². The number of nitrogens with one attached hydrogen (secondary N) is 2. The summed E-state index contributed by atoms with van der Waals surface area (Å²) in [6, 6.07) is -0.182. The van der Waals surface area contributed by atoms with Crippen LogP contribution < -0.4 is 10.6 Å². The van der Waals surface area contributed by atoms with Crippen LogP contribution in [0.25, 0.3) is 0 Å². The number of aliphatic carboxylic acids is 1. The molecule has 0 radical (unpaired) electrons. The maximum Gasteiger partial charge on any atom is 0.315 e. The van der Waals surface area contributed by atoms with Crippen LogP contribution in [0.2, 0.25) is 0 Å². The van der Waals surface area contributed by atoms with Gasteiger partial charge in [0.1, 0.15) is 0 Å². The molecule has 2 amide bonds. The van der Waals surface area contributed by atoms with E-state index in [9.17, 15) is 9.59 Å². The zero-order valence-corrected chi connectivity index (χ0v) is 10.5. The molecule has 0 aromatic heterocycles. The van der Waals surface area contributed by atoms with Gasteiger partial charge in [-0.15, -0.1) is 0 Å². The molecular formula is C12H20N2O4. The molecule has 4 unspecified atom stereocenters. The number of rotatable bonds is 3. The minimum absolute atomic E-state index is 0.0243. The molecule has 0 aromatic rings. The number of carboxylic acids is 1. The second-order valence-electron chi connectivity index (χ2n) is 5.13. The van der Waals surface area contributed by atoms with E-state index in [4.69, 9.17) is 9.84 Å². The Labute approximate surface area is 106 Å². The van der Waals surface area contributed by atoms with Crippen LogP contribution >= 0.6 is 0 Å². The summed E-state index contributed by atoms with van der Waals surface area (Å²) in [4.78, 5) is 22.6. The van der Waals surface area contributed by atoms with Crippen LogP contribution in [-0.4, -0.2) is 41.9 Å². The van der Waals surface area contributed by atoms with Gasteiger partial charge in [0, 0.05) is 12.6 Å². The molecule has 4 atom stereocenters. The molecule has 3 N–H and O–H groups in total. The summed E-state index contributed by atoms with van der Waals surface area (Å²) >= 11 is 0. The first-order chi connectivity index (χ1) is 8.56. The van der Waals surface area contributed by atoms with Crippen LogP contribution in [0.5, 0.6) is 0 Å². The quantitative estimate of drug-likeness (QED) is 0.694. The second kappa shape index (κ2) is 5.56. The summed E-state index contributed by atoms with van der Waals surface area (Å²) in [7, 11) is 0. The molecule has 2 aliphatic rings. The number of hydrogen-bond acceptors (Lipinski definition) is 3. The lowest BCUT2D eigenvalue weighted by molar-refractivity contribution is -0.141. The molecule has 18 heavy (non-hydrogen) atoms. The van der Waals surface area contributed by atoms with Gasteiger partial charge in [-0.3, -0.25) is 4.79 Å². The lowest BCUT2D eigenvalue weighted by Gasteiger charge is -2.19. The van der Waals surface area contributed by atoms with Crippen LogP contribution in [-0.2, 0) is 9.53 Å². The van der Waals surface area contributed by atoms with Crippen molar-refractivity contribution in [1.82, 2.24) is 10.6 Å². The summed E-state index contributed by atoms with van der Waals surface area (Å²) in [6.45, 7) is 2.62. The highest BCUT2D eigenvalue weighted by Gasteiger charge is 2.31. The first-order valence-electron chi connectivity index (χ1n) is 6.47. The summed E-state index contributed by atoms with van der Waals surface area (Å²) in [5.74, 6) is -1.08. The number of amides is 2. The molecule has 6 nitrogen and oxygen atoms in total. The van der Waals surface area contributed by atoms with Gasteiger partial charge in [-0.2, -0.15) is 0 Å². The number of hydrogen-bond donors (Lipinski definition) is 3. The predicted octanol–water partition coefficient (Wildman–Crippen LogP) is 0.716. The van der Waals surface area contributed by atoms with Gasteiger partial charge < -0.3 is 20.5 Å². The Hall–Kier alpha value is -1.30. The van der Waals surface area contributed by atoms with Crippen LogP contribution in [0.15, 0.2) is 0 Å². The monoisotopic (exact) mass is 256 g/mol. The van der Waals surface area contributed by atoms with Gasteiger partial charge in [0.05, 0.1) is 18.1 Å². The molecule has 1 heterocycles. The smallest absolute Gasteiger partial charge is 0.315 e. The van der Waals surface area contributed by atoms with E-state index in [2.05, 4.69) is 10.6 Å². The molecule has 1 saturated heterocycles. The SMILES string of the molecule is CC1OCCC1NC(=O)NC1CCC(C(=O)O)C1. The zero-order chi connectivity index (χ0) is 13.1. The summed E-state index contributed by atoms with van der Waals surface area (Å²) in [6.07, 6.45) is 2.78. The van der Waals surface area contributed by atoms with Crippen LogP contribution in [0.1, 0.15) is 32.6 Å². The van der Waals surface area contributed by atoms with Gasteiger partial charge >= 0.3 is 12.0 Å². The highest BCUT2D eigenvalue weighted by Crippen LogP contribution is 2.25. The van der Waals surface area contributed by atoms with Gasteiger partial charge in [-0.1, -0.05) is 0 Å². The molecule has 102 valence electrons. The molecule has 0 spiro atoms. The first-order valence-corrected chi connectivity index (χ1v) is 6.47. The van der Waals surface area contributed by atoms with Crippen molar-refractivity contribution in [2.75, 3.05) is 6.61 Å². The predicted molar refractivity (Wildman–Crippen MR) is 64.3 cm³/mol. The molecular weight excluding hydrogens is 236 g/mol. The van der Waals surface area contributed by atoms with Gasteiger partial charge in [0.25, 0.3) is 0 Å². The van der Waals surface area contributed by atoms with Crippen molar-refractivity contribution in [3.05, 3.63) is 0 Å². The molecule has 0 aromatic carbocycles. The molecule has 2 fully saturated rings. The van der Waals surface area contributed by atoms with E-state index in [0.717, 1.165) is 12.8 Å². The molecule has 1 saturated carbocycles. The van der Waals surface area contributed by atoms with E-state index in [1.807, 2.05) is 6.92 Å². The van der Waals surface area contributed by atoms with Crippen molar-refractivity contribution < 1.29 is 19.4 Å². The Balaban J connectivity index is 1.73. The maximum atomic E-state index is 11.8. The fraction of sp³-hybridized carbons (Fsp3) is 0.833. The average Bonchev–Trinajstić information content (AvgIpc) is 2.89. The highest BCUT2D eigenvalue weighted by molar-refractivity contribution is 5.75. The fourth-order valence-corrected chi connectivity index (χ4v) is 2.65. The van der Waals surface area contributed by atoms with Crippen molar-refractivity contribution in [3.8, 4) is 0 Å². The Morgan fingerprint density at radius 2 is 2.00 bits per heavy atom. The second-order valence-corrected chi connectivity index (χ2v) is 5.13. The van der Waals surface area contributed by atoms with Gasteiger partial charge in [0.2, 0.25) is 0 Å². The van der Waals surface area contributed by atoms with E-state index in [0.29, 0.717) is 19.4 Å². The molecule has 2 rings (SSSR count). The molecule has 0 bridgehead atoms. The van der Waals surface area contributed by atoms with Crippen molar-refractivity contribution in [2.45, 2.75) is 50.8 Å². The van der Waals surface area contributed by atoms with Gasteiger partial charge in [-0.25, -0.2) is 4.79 Å². The van der Waals surface area contributed by atoms with Gasteiger partial charge in [-0.05, 0) is 32.6 Å². The van der Waals surface area contributed by atoms with Crippen LogP contribution in [0.4, 0.5) is 4.79 Å². The number of carbonyl (C=O) groups is 2. The number of ether oxygens (including phenoxy) is 1. The Kier molecular flexibility index (Phi) is 4.06. The largest absolute Gasteiger partial charge is 0.481 e. The average molecular weight is 256 g/mol. The van der Waals surface area contributed by atoms with E-state index in [1.54, 1.807) is 0 Å². The third kappa shape index (κ3) is 3.13.